The fourth-order valence-corrected chi connectivity index (χ4v) is 16.7. The number of rotatable bonds is 14. The van der Waals surface area contributed by atoms with Crippen molar-refractivity contribution in [1.82, 2.24) is 55.8 Å². The molecule has 102 heavy (non-hydrogen) atoms. The number of hydrogen-bond donors (Lipinski definition) is 4. The van der Waals surface area contributed by atoms with Crippen LogP contribution in [0.1, 0.15) is 69.2 Å². The SMILES string of the molecule is CC(=O)Nc1cc(-c2cnc(C)c3c2c(F)cn3S(C)(=O)=O)ccn1.CC(=O)Nc1cc(-c2cnc(C)c3c2ccn3S(=O)(=O)C2CC2)ccn1.CC(=O)Nc1cc(-c2cnc(C)c3c2ccn3S(C)(=O)=O)ccn1.COC(=O)Nc1cc(-c2cnc(C)c3c2ccn3S(=O)(=O)C2CC2)ccn1. The van der Waals surface area contributed by atoms with Gasteiger partial charge in [-0.3, -0.25) is 39.6 Å². The molecule has 0 unspecified atom stereocenters. The number of hydrogen-bond acceptors (Lipinski definition) is 21. The average Bonchev–Trinajstić information content (AvgIpc) is 1.60. The van der Waals surface area contributed by atoms with Crippen LogP contribution in [0.3, 0.4) is 0 Å². The number of aromatic nitrogens is 12. The first-order valence-electron chi connectivity index (χ1n) is 31.2. The van der Waals surface area contributed by atoms with Gasteiger partial charge in [0.2, 0.25) is 57.8 Å². The van der Waals surface area contributed by atoms with E-state index in [1.54, 1.807) is 138 Å². The molecule has 0 aromatic carbocycles. The van der Waals surface area contributed by atoms with E-state index in [4.69, 9.17) is 0 Å². The van der Waals surface area contributed by atoms with Gasteiger partial charge in [-0.2, -0.15) is 0 Å². The second-order valence-electron chi connectivity index (χ2n) is 24.0. The van der Waals surface area contributed by atoms with Crippen LogP contribution in [-0.2, 0) is 59.2 Å². The molecule has 2 saturated carbocycles. The van der Waals surface area contributed by atoms with Gasteiger partial charge in [-0.25, -0.2) is 78.7 Å². The number of aryl methyl sites for hydroxylation is 4. The van der Waals surface area contributed by atoms with Gasteiger partial charge in [0.05, 0.1) is 81.2 Å². The molecule has 0 aliphatic heterocycles. The summed E-state index contributed by atoms with van der Waals surface area (Å²) >= 11 is 0. The molecule has 4 amide bonds. The number of ether oxygens (including phenoxy) is 1. The zero-order valence-electron chi connectivity index (χ0n) is 56.4. The molecule has 12 aromatic rings. The highest BCUT2D eigenvalue weighted by Crippen LogP contribution is 2.40. The molecule has 12 aromatic heterocycles. The summed E-state index contributed by atoms with van der Waals surface area (Å²) < 4.78 is 123. The Hall–Kier alpha value is -11.2. The van der Waals surface area contributed by atoms with E-state index in [2.05, 4.69) is 65.9 Å². The fourth-order valence-electron chi connectivity index (χ4n) is 11.5. The maximum absolute atomic E-state index is 14.6. The molecule has 0 saturated heterocycles. The monoisotopic (exact) mass is 1460 g/mol. The number of amides is 4. The molecule has 0 radical (unpaired) electrons. The van der Waals surface area contributed by atoms with Crippen LogP contribution in [-0.4, -0.2) is 143 Å². The number of nitrogens with one attached hydrogen (secondary N) is 4. The molecule has 0 atom stereocenters. The Morgan fingerprint density at radius 2 is 0.735 bits per heavy atom. The quantitative estimate of drug-likeness (QED) is 0.0786. The summed E-state index contributed by atoms with van der Waals surface area (Å²) in [6, 6.07) is 19.1. The van der Waals surface area contributed by atoms with Crippen LogP contribution in [0.25, 0.3) is 88.1 Å². The summed E-state index contributed by atoms with van der Waals surface area (Å²) in [6.45, 7) is 11.2. The first kappa shape index (κ1) is 72.0. The normalized spacial score (nSPS) is 13.1. The zero-order valence-corrected chi connectivity index (χ0v) is 59.7. The second kappa shape index (κ2) is 28.4. The van der Waals surface area contributed by atoms with E-state index in [9.17, 15) is 57.2 Å². The standard InChI is InChI=1S/C18H18N4O4S.C18H18N4O3S.C16H15FN4O3S.C16H16N4O3S/c1-11-17-14(6-8-22(17)27(24,25)13-3-4-13)15(10-20-11)12-5-7-19-16(9-12)21-18(23)26-2;1-11-18-15(6-8-22(18)26(24,25)14-3-4-14)16(10-20-11)13-5-7-19-17(9-13)21-12(2)23;1-9-16-15(13(17)8-21(16)25(3,23)24)12(7-19-9)11-4-5-18-14(6-11)20-10(2)22;1-10-16-13(5-7-20(16)24(3,22)23)14(9-18-10)12-4-6-17-15(8-12)19-11(2)21/h5-10,13H,3-4H2,1-2H3,(H,19,21,23);5-10,14H,3-4H2,1-2H3,(H,19,21,23);4-8H,1-3H3,(H,18,20,22);4-9H,1-3H3,(H,17,19,21). The predicted molar refractivity (Wildman–Crippen MR) is 385 cm³/mol. The Labute approximate surface area is 584 Å². The van der Waals surface area contributed by atoms with Gasteiger partial charge < -0.3 is 20.7 Å². The molecule has 2 aliphatic rings. The molecule has 0 bridgehead atoms. The lowest BCUT2D eigenvalue weighted by molar-refractivity contribution is -0.115. The highest BCUT2D eigenvalue weighted by molar-refractivity contribution is 7.91. The molecule has 2 aliphatic carbocycles. The Kier molecular flexibility index (Phi) is 20.1. The van der Waals surface area contributed by atoms with E-state index in [1.807, 2.05) is 6.07 Å². The Morgan fingerprint density at radius 1 is 0.431 bits per heavy atom. The number of carbonyl (C=O) groups is 4. The topological polar surface area (TPSA) is 385 Å². The van der Waals surface area contributed by atoms with Crippen LogP contribution in [0.4, 0.5) is 32.5 Å². The van der Waals surface area contributed by atoms with Gasteiger partial charge >= 0.3 is 6.09 Å². The van der Waals surface area contributed by atoms with Crippen molar-refractivity contribution in [3.8, 4) is 44.5 Å². The van der Waals surface area contributed by atoms with Crippen LogP contribution >= 0.6 is 0 Å². The third-order valence-electron chi connectivity index (χ3n) is 16.3. The summed E-state index contributed by atoms with van der Waals surface area (Å²) in [4.78, 5) is 78.7. The zero-order chi connectivity index (χ0) is 73.5. The van der Waals surface area contributed by atoms with Crippen molar-refractivity contribution in [2.75, 3.05) is 40.9 Å². The van der Waals surface area contributed by atoms with Gasteiger partial charge in [-0.15, -0.1) is 0 Å². The van der Waals surface area contributed by atoms with Crippen molar-refractivity contribution in [3.63, 3.8) is 0 Å². The number of methoxy groups -OCH3 is 1. The molecule has 12 heterocycles. The molecule has 0 spiro atoms. The molecule has 14 rings (SSSR count). The number of carbonyl (C=O) groups excluding carboxylic acids is 4. The first-order chi connectivity index (χ1) is 48.2. The van der Waals surface area contributed by atoms with Crippen molar-refractivity contribution in [2.45, 2.75) is 84.6 Å². The molecule has 4 N–H and O–H groups in total. The Morgan fingerprint density at radius 3 is 1.06 bits per heavy atom. The summed E-state index contributed by atoms with van der Waals surface area (Å²) in [5, 5.41) is 12.3. The van der Waals surface area contributed by atoms with E-state index >= 15 is 0 Å². The lowest BCUT2D eigenvalue weighted by Gasteiger charge is -2.10. The Balaban J connectivity index is 0.000000137. The van der Waals surface area contributed by atoms with Crippen LogP contribution < -0.4 is 21.3 Å². The van der Waals surface area contributed by atoms with Crippen LogP contribution in [0.5, 0.6) is 0 Å². The third kappa shape index (κ3) is 15.2. The maximum atomic E-state index is 14.6. The van der Waals surface area contributed by atoms with E-state index in [1.165, 1.54) is 58.4 Å². The smallest absolute Gasteiger partial charge is 0.412 e. The lowest BCUT2D eigenvalue weighted by atomic mass is 10.0. The van der Waals surface area contributed by atoms with Crippen LogP contribution in [0.2, 0.25) is 0 Å². The number of fused-ring (bicyclic) bond motifs is 4. The summed E-state index contributed by atoms with van der Waals surface area (Å²) in [7, 11) is -12.6. The van der Waals surface area contributed by atoms with Gasteiger partial charge in [0, 0.05) is 133 Å². The highest BCUT2D eigenvalue weighted by atomic mass is 32.2. The number of nitrogens with zero attached hydrogens (tertiary/aromatic N) is 12. The number of anilines is 4. The summed E-state index contributed by atoms with van der Waals surface area (Å²) in [5.74, 6) is 0.133. The molecule has 528 valence electrons. The van der Waals surface area contributed by atoms with Gasteiger partial charge in [0.25, 0.3) is 0 Å². The van der Waals surface area contributed by atoms with Gasteiger partial charge in [-0.05, 0) is 142 Å². The van der Waals surface area contributed by atoms with Crippen molar-refractivity contribution < 1.29 is 62.0 Å². The lowest BCUT2D eigenvalue weighted by Crippen LogP contribution is -2.16. The van der Waals surface area contributed by atoms with Crippen LogP contribution in [0, 0.1) is 33.5 Å². The highest BCUT2D eigenvalue weighted by Gasteiger charge is 2.39. The van der Waals surface area contributed by atoms with Gasteiger partial charge in [-0.1, -0.05) is 0 Å². The minimum absolute atomic E-state index is 0.151. The summed E-state index contributed by atoms with van der Waals surface area (Å²) in [6.07, 6.45) is 22.8. The molecule has 34 heteroatoms. The maximum Gasteiger partial charge on any atom is 0.412 e. The average molecular weight is 1460 g/mol. The fraction of sp³-hybridized carbons (Fsp3) is 0.235. The van der Waals surface area contributed by atoms with E-state index in [-0.39, 0.29) is 39.1 Å². The van der Waals surface area contributed by atoms with E-state index < -0.39 is 52.0 Å². The molecule has 29 nitrogen and oxygen atoms in total. The van der Waals surface area contributed by atoms with Crippen molar-refractivity contribution >= 4 is 131 Å². The first-order valence-corrected chi connectivity index (χ1v) is 37.9. The largest absolute Gasteiger partial charge is 0.453 e. The van der Waals surface area contributed by atoms with Crippen LogP contribution in [0.15, 0.2) is 141 Å². The molecular weight excluding hydrogens is 1400 g/mol. The van der Waals surface area contributed by atoms with E-state index in [0.29, 0.717) is 99.4 Å². The Bertz CT molecular complexity index is 5870. The third-order valence-corrected chi connectivity index (χ3v) is 22.7. The van der Waals surface area contributed by atoms with Crippen molar-refractivity contribution in [1.29, 1.82) is 0 Å². The minimum atomic E-state index is -3.69. The summed E-state index contributed by atoms with van der Waals surface area (Å²) in [5.41, 5.74) is 9.90. The minimum Gasteiger partial charge on any atom is -0.453 e. The predicted octanol–water partition coefficient (Wildman–Crippen LogP) is 10.1. The number of halogens is 1. The van der Waals surface area contributed by atoms with E-state index in [0.717, 1.165) is 72.2 Å². The number of pyridine rings is 8. The van der Waals surface area contributed by atoms with Crippen molar-refractivity contribution in [3.05, 3.63) is 170 Å². The second-order valence-corrected chi connectivity index (χ2v) is 31.9. The van der Waals surface area contributed by atoms with Crippen molar-refractivity contribution in [2.24, 2.45) is 0 Å². The molecular formula is C68H67FN16O13S4. The van der Waals surface area contributed by atoms with Gasteiger partial charge in [0.15, 0.2) is 5.82 Å². The van der Waals surface area contributed by atoms with Gasteiger partial charge in [0.1, 0.15) is 23.3 Å². The molecule has 2 fully saturated rings.